The molecule has 2 aromatic rings. The Hall–Kier alpha value is -1.68. The molecule has 1 aromatic carbocycles. The Morgan fingerprint density at radius 3 is 2.85 bits per heavy atom. The Kier molecular flexibility index (Phi) is 3.57. The summed E-state index contributed by atoms with van der Waals surface area (Å²) in [4.78, 5) is 11.1. The zero-order chi connectivity index (χ0) is 14.1. The lowest BCUT2D eigenvalue weighted by Crippen LogP contribution is -2.26. The van der Waals surface area contributed by atoms with Crippen LogP contribution in [0, 0.1) is 6.92 Å². The van der Waals surface area contributed by atoms with Gasteiger partial charge in [0, 0.05) is 17.6 Å². The summed E-state index contributed by atoms with van der Waals surface area (Å²) >= 11 is 0. The van der Waals surface area contributed by atoms with Crippen molar-refractivity contribution in [1.82, 2.24) is 14.9 Å². The van der Waals surface area contributed by atoms with E-state index in [-0.39, 0.29) is 0 Å². The molecule has 2 unspecified atom stereocenters. The number of nitrogens with zero attached hydrogens (tertiary/aromatic N) is 3. The third-order valence-electron chi connectivity index (χ3n) is 4.08. The van der Waals surface area contributed by atoms with Crippen molar-refractivity contribution in [3.05, 3.63) is 30.2 Å². The second kappa shape index (κ2) is 5.37. The molecule has 3 rings (SSSR count). The highest BCUT2D eigenvalue weighted by molar-refractivity contribution is 5.83. The van der Waals surface area contributed by atoms with Crippen LogP contribution in [0.4, 0.5) is 0 Å². The highest BCUT2D eigenvalue weighted by atomic mass is 16.5. The van der Waals surface area contributed by atoms with Crippen molar-refractivity contribution in [1.29, 1.82) is 0 Å². The lowest BCUT2D eigenvalue weighted by Gasteiger charge is -2.19. The van der Waals surface area contributed by atoms with Crippen LogP contribution in [0.3, 0.4) is 0 Å². The topological polar surface area (TPSA) is 38.2 Å². The molecule has 1 saturated carbocycles. The van der Waals surface area contributed by atoms with E-state index in [0.717, 1.165) is 35.3 Å². The third kappa shape index (κ3) is 2.61. The van der Waals surface area contributed by atoms with Gasteiger partial charge in [-0.3, -0.25) is 0 Å². The van der Waals surface area contributed by atoms with E-state index >= 15 is 0 Å². The van der Waals surface area contributed by atoms with Crippen molar-refractivity contribution in [2.24, 2.45) is 0 Å². The fourth-order valence-corrected chi connectivity index (χ4v) is 2.88. The molecule has 1 aromatic heterocycles. The number of hydrogen-bond donors (Lipinski definition) is 0. The van der Waals surface area contributed by atoms with Crippen LogP contribution in [-0.4, -0.2) is 41.1 Å². The van der Waals surface area contributed by atoms with Gasteiger partial charge in [-0.05, 0) is 46.3 Å². The Morgan fingerprint density at radius 2 is 2.10 bits per heavy atom. The molecule has 0 spiro atoms. The van der Waals surface area contributed by atoms with Gasteiger partial charge < -0.3 is 9.64 Å². The highest BCUT2D eigenvalue weighted by Crippen LogP contribution is 2.30. The first-order chi connectivity index (χ1) is 9.63. The molecule has 1 fully saturated rings. The minimum Gasteiger partial charge on any atom is -0.488 e. The molecular formula is C16H21N3O. The van der Waals surface area contributed by atoms with Crippen molar-refractivity contribution in [3.8, 4) is 5.75 Å². The van der Waals surface area contributed by atoms with E-state index < -0.39 is 0 Å². The SMILES string of the molecule is Cc1ncc2cccc(OC3CCC(N(C)C)C3)c2n1. The molecule has 2 atom stereocenters. The first-order valence-corrected chi connectivity index (χ1v) is 7.19. The molecule has 0 amide bonds. The molecule has 106 valence electrons. The maximum Gasteiger partial charge on any atom is 0.146 e. The first-order valence-electron chi connectivity index (χ1n) is 7.19. The van der Waals surface area contributed by atoms with Crippen molar-refractivity contribution in [2.45, 2.75) is 38.3 Å². The maximum atomic E-state index is 6.21. The van der Waals surface area contributed by atoms with Crippen LogP contribution in [-0.2, 0) is 0 Å². The molecule has 1 heterocycles. The van der Waals surface area contributed by atoms with E-state index in [2.05, 4.69) is 29.0 Å². The van der Waals surface area contributed by atoms with Crippen LogP contribution < -0.4 is 4.74 Å². The summed E-state index contributed by atoms with van der Waals surface area (Å²) in [5.41, 5.74) is 0.924. The van der Waals surface area contributed by atoms with Gasteiger partial charge in [-0.15, -0.1) is 0 Å². The molecule has 1 aliphatic carbocycles. The summed E-state index contributed by atoms with van der Waals surface area (Å²) in [6.07, 6.45) is 5.57. The van der Waals surface area contributed by atoms with Gasteiger partial charge >= 0.3 is 0 Å². The minimum absolute atomic E-state index is 0.295. The van der Waals surface area contributed by atoms with Crippen molar-refractivity contribution in [3.63, 3.8) is 0 Å². The van der Waals surface area contributed by atoms with Gasteiger partial charge in [0.05, 0.1) is 0 Å². The average molecular weight is 271 g/mol. The molecule has 0 radical (unpaired) electrons. The predicted molar refractivity (Wildman–Crippen MR) is 80.0 cm³/mol. The number of hydrogen-bond acceptors (Lipinski definition) is 4. The van der Waals surface area contributed by atoms with Gasteiger partial charge in [-0.1, -0.05) is 12.1 Å². The Morgan fingerprint density at radius 1 is 1.25 bits per heavy atom. The van der Waals surface area contributed by atoms with Crippen molar-refractivity contribution in [2.75, 3.05) is 14.1 Å². The summed E-state index contributed by atoms with van der Waals surface area (Å²) < 4.78 is 6.21. The summed E-state index contributed by atoms with van der Waals surface area (Å²) in [6, 6.07) is 6.68. The molecule has 20 heavy (non-hydrogen) atoms. The molecule has 4 nitrogen and oxygen atoms in total. The van der Waals surface area contributed by atoms with E-state index in [0.29, 0.717) is 12.1 Å². The zero-order valence-corrected chi connectivity index (χ0v) is 12.3. The zero-order valence-electron chi connectivity index (χ0n) is 12.3. The first kappa shape index (κ1) is 13.3. The van der Waals surface area contributed by atoms with Gasteiger partial charge in [0.1, 0.15) is 23.2 Å². The van der Waals surface area contributed by atoms with E-state index in [4.69, 9.17) is 4.74 Å². The number of aryl methyl sites for hydroxylation is 1. The lowest BCUT2D eigenvalue weighted by molar-refractivity contribution is 0.195. The van der Waals surface area contributed by atoms with E-state index in [1.165, 1.54) is 6.42 Å². The van der Waals surface area contributed by atoms with Crippen molar-refractivity contribution < 1.29 is 4.74 Å². The van der Waals surface area contributed by atoms with Crippen LogP contribution >= 0.6 is 0 Å². The summed E-state index contributed by atoms with van der Waals surface area (Å²) in [5.74, 6) is 1.67. The largest absolute Gasteiger partial charge is 0.488 e. The number of aromatic nitrogens is 2. The summed E-state index contributed by atoms with van der Waals surface area (Å²) in [6.45, 7) is 1.91. The van der Waals surface area contributed by atoms with Gasteiger partial charge in [-0.2, -0.15) is 0 Å². The Labute approximate surface area is 119 Å². The van der Waals surface area contributed by atoms with Crippen LogP contribution in [0.5, 0.6) is 5.75 Å². The second-order valence-corrected chi connectivity index (χ2v) is 5.78. The Balaban J connectivity index is 1.83. The third-order valence-corrected chi connectivity index (χ3v) is 4.08. The number of fused-ring (bicyclic) bond motifs is 1. The van der Waals surface area contributed by atoms with Gasteiger partial charge in [0.2, 0.25) is 0 Å². The van der Waals surface area contributed by atoms with Gasteiger partial charge in [-0.25, -0.2) is 9.97 Å². The average Bonchev–Trinajstić information content (AvgIpc) is 2.88. The predicted octanol–water partition coefficient (Wildman–Crippen LogP) is 2.80. The number of rotatable bonds is 3. The summed E-state index contributed by atoms with van der Waals surface area (Å²) in [7, 11) is 4.28. The minimum atomic E-state index is 0.295. The second-order valence-electron chi connectivity index (χ2n) is 5.78. The fraction of sp³-hybridized carbons (Fsp3) is 0.500. The van der Waals surface area contributed by atoms with Crippen LogP contribution in [0.15, 0.2) is 24.4 Å². The maximum absolute atomic E-state index is 6.21. The van der Waals surface area contributed by atoms with E-state index in [1.54, 1.807) is 0 Å². The van der Waals surface area contributed by atoms with Crippen LogP contribution in [0.2, 0.25) is 0 Å². The molecule has 0 saturated heterocycles. The van der Waals surface area contributed by atoms with Crippen molar-refractivity contribution >= 4 is 10.9 Å². The van der Waals surface area contributed by atoms with E-state index in [1.807, 2.05) is 31.3 Å². The number of para-hydroxylation sites is 1. The quantitative estimate of drug-likeness (QED) is 0.860. The monoisotopic (exact) mass is 271 g/mol. The molecule has 4 heteroatoms. The van der Waals surface area contributed by atoms with Gasteiger partial charge in [0.25, 0.3) is 0 Å². The molecular weight excluding hydrogens is 250 g/mol. The van der Waals surface area contributed by atoms with E-state index in [9.17, 15) is 0 Å². The fourth-order valence-electron chi connectivity index (χ4n) is 2.88. The smallest absolute Gasteiger partial charge is 0.146 e. The molecule has 0 aliphatic heterocycles. The normalized spacial score (nSPS) is 22.6. The molecule has 0 bridgehead atoms. The molecule has 0 N–H and O–H groups in total. The van der Waals surface area contributed by atoms with Gasteiger partial charge in [0.15, 0.2) is 0 Å². The number of benzene rings is 1. The molecule has 1 aliphatic rings. The standard InChI is InChI=1S/C16H21N3O/c1-11-17-10-12-5-4-6-15(16(12)18-11)20-14-8-7-13(9-14)19(2)3/h4-6,10,13-14H,7-9H2,1-3H3. The highest BCUT2D eigenvalue weighted by Gasteiger charge is 2.27. The lowest BCUT2D eigenvalue weighted by atomic mass is 10.2. The van der Waals surface area contributed by atoms with Crippen LogP contribution in [0.1, 0.15) is 25.1 Å². The number of ether oxygens (including phenoxy) is 1. The Bertz CT molecular complexity index is 612. The summed E-state index contributed by atoms with van der Waals surface area (Å²) in [5, 5.41) is 1.04. The van der Waals surface area contributed by atoms with Crippen LogP contribution in [0.25, 0.3) is 10.9 Å².